The van der Waals surface area contributed by atoms with Crippen LogP contribution in [0.2, 0.25) is 0 Å². The summed E-state index contributed by atoms with van der Waals surface area (Å²) < 4.78 is 0. The largest absolute Gasteiger partial charge is 0.342 e. The van der Waals surface area contributed by atoms with E-state index in [4.69, 9.17) is 0 Å². The van der Waals surface area contributed by atoms with Gasteiger partial charge in [0.15, 0.2) is 0 Å². The summed E-state index contributed by atoms with van der Waals surface area (Å²) in [4.78, 5) is 29.4. The minimum Gasteiger partial charge on any atom is -0.342 e. The van der Waals surface area contributed by atoms with Crippen LogP contribution < -0.4 is 5.32 Å². The first-order valence-electron chi connectivity index (χ1n) is 10.3. The van der Waals surface area contributed by atoms with Crippen LogP contribution in [0.25, 0.3) is 0 Å². The van der Waals surface area contributed by atoms with Gasteiger partial charge in [-0.15, -0.1) is 0 Å². The number of piperidine rings is 1. The van der Waals surface area contributed by atoms with Gasteiger partial charge in [-0.25, -0.2) is 4.79 Å². The average molecular weight is 350 g/mol. The number of nitrogens with zero attached hydrogens (tertiary/aromatic N) is 2. The van der Waals surface area contributed by atoms with Crippen LogP contribution in [0, 0.1) is 11.3 Å². The normalized spacial score (nSPS) is 28.2. The quantitative estimate of drug-likeness (QED) is 0.846. The van der Waals surface area contributed by atoms with E-state index in [2.05, 4.69) is 10.2 Å². The van der Waals surface area contributed by atoms with Crippen LogP contribution >= 0.6 is 0 Å². The number of rotatable bonds is 4. The number of urea groups is 1. The van der Waals surface area contributed by atoms with E-state index < -0.39 is 0 Å². The summed E-state index contributed by atoms with van der Waals surface area (Å²) in [5, 5.41) is 2.96. The van der Waals surface area contributed by atoms with Crippen LogP contribution in [-0.2, 0) is 4.79 Å². The van der Waals surface area contributed by atoms with E-state index in [9.17, 15) is 9.59 Å². The van der Waals surface area contributed by atoms with Crippen molar-refractivity contribution in [3.8, 4) is 0 Å². The Bertz CT molecular complexity index is 487. The highest BCUT2D eigenvalue weighted by Crippen LogP contribution is 2.40. The molecule has 3 amide bonds. The summed E-state index contributed by atoms with van der Waals surface area (Å²) in [7, 11) is 0. The SMILES string of the molecule is CC(C)NC(=O)N1CCC2(CCCN(CCC3CCCCC3)C2=O)C1. The number of amides is 3. The van der Waals surface area contributed by atoms with Gasteiger partial charge < -0.3 is 15.1 Å². The molecule has 2 heterocycles. The molecule has 5 nitrogen and oxygen atoms in total. The number of carbonyl (C=O) groups is 2. The molecule has 1 unspecified atom stereocenters. The van der Waals surface area contributed by atoms with E-state index in [1.165, 1.54) is 38.5 Å². The zero-order chi connectivity index (χ0) is 17.9. The minimum absolute atomic E-state index is 0.0148. The molecular formula is C20H35N3O2. The average Bonchev–Trinajstić information content (AvgIpc) is 3.02. The van der Waals surface area contributed by atoms with E-state index >= 15 is 0 Å². The molecule has 3 aliphatic rings. The molecule has 1 spiro atoms. The summed E-state index contributed by atoms with van der Waals surface area (Å²) in [5.41, 5.74) is -0.306. The summed E-state index contributed by atoms with van der Waals surface area (Å²) in [6, 6.07) is 0.122. The molecule has 0 aromatic carbocycles. The zero-order valence-corrected chi connectivity index (χ0v) is 16.1. The molecule has 1 atom stereocenters. The summed E-state index contributed by atoms with van der Waals surface area (Å²) in [5.74, 6) is 1.13. The van der Waals surface area contributed by atoms with Gasteiger partial charge in [0.2, 0.25) is 5.91 Å². The van der Waals surface area contributed by atoms with Gasteiger partial charge in [-0.3, -0.25) is 4.79 Å². The Kier molecular flexibility index (Phi) is 5.90. The van der Waals surface area contributed by atoms with Crippen molar-refractivity contribution in [2.75, 3.05) is 26.2 Å². The fourth-order valence-electron chi connectivity index (χ4n) is 4.94. The number of hydrogen-bond donors (Lipinski definition) is 1. The highest BCUT2D eigenvalue weighted by Gasteiger charge is 2.49. The van der Waals surface area contributed by atoms with Gasteiger partial charge in [-0.1, -0.05) is 32.1 Å². The van der Waals surface area contributed by atoms with Crippen molar-refractivity contribution < 1.29 is 9.59 Å². The van der Waals surface area contributed by atoms with Crippen LogP contribution in [-0.4, -0.2) is 54.0 Å². The number of carbonyl (C=O) groups excluding carboxylic acids is 2. The van der Waals surface area contributed by atoms with Crippen molar-refractivity contribution in [3.63, 3.8) is 0 Å². The fraction of sp³-hybridized carbons (Fsp3) is 0.900. The first kappa shape index (κ1) is 18.5. The van der Waals surface area contributed by atoms with E-state index in [-0.39, 0.29) is 17.5 Å². The molecule has 2 aliphatic heterocycles. The highest BCUT2D eigenvalue weighted by atomic mass is 16.2. The van der Waals surface area contributed by atoms with Crippen molar-refractivity contribution in [1.82, 2.24) is 15.1 Å². The summed E-state index contributed by atoms with van der Waals surface area (Å²) in [6.45, 7) is 7.09. The molecule has 2 saturated heterocycles. The van der Waals surface area contributed by atoms with Crippen molar-refractivity contribution >= 4 is 11.9 Å². The molecule has 0 aromatic heterocycles. The molecule has 1 N–H and O–H groups in total. The van der Waals surface area contributed by atoms with Gasteiger partial charge in [0, 0.05) is 32.2 Å². The van der Waals surface area contributed by atoms with E-state index in [0.717, 1.165) is 38.3 Å². The zero-order valence-electron chi connectivity index (χ0n) is 16.1. The fourth-order valence-corrected chi connectivity index (χ4v) is 4.94. The Morgan fingerprint density at radius 2 is 1.92 bits per heavy atom. The second kappa shape index (κ2) is 7.96. The molecule has 25 heavy (non-hydrogen) atoms. The van der Waals surface area contributed by atoms with Crippen molar-refractivity contribution in [2.45, 2.75) is 77.7 Å². The van der Waals surface area contributed by atoms with Gasteiger partial charge in [0.1, 0.15) is 0 Å². The Balaban J connectivity index is 1.55. The lowest BCUT2D eigenvalue weighted by atomic mass is 9.78. The molecule has 0 radical (unpaired) electrons. The molecule has 5 heteroatoms. The van der Waals surface area contributed by atoms with E-state index in [1.807, 2.05) is 18.7 Å². The Morgan fingerprint density at radius 3 is 2.64 bits per heavy atom. The molecule has 1 saturated carbocycles. The molecule has 0 bridgehead atoms. The lowest BCUT2D eigenvalue weighted by Gasteiger charge is -2.40. The Hall–Kier alpha value is -1.26. The van der Waals surface area contributed by atoms with Crippen LogP contribution in [0.15, 0.2) is 0 Å². The lowest BCUT2D eigenvalue weighted by Crippen LogP contribution is -2.51. The smallest absolute Gasteiger partial charge is 0.317 e. The third-order valence-electron chi connectivity index (χ3n) is 6.41. The highest BCUT2D eigenvalue weighted by molar-refractivity contribution is 5.85. The van der Waals surface area contributed by atoms with Crippen LogP contribution in [0.1, 0.15) is 71.6 Å². The summed E-state index contributed by atoms with van der Waals surface area (Å²) >= 11 is 0. The predicted octanol–water partition coefficient (Wildman–Crippen LogP) is 3.39. The first-order chi connectivity index (χ1) is 12.0. The van der Waals surface area contributed by atoms with Gasteiger partial charge in [-0.2, -0.15) is 0 Å². The number of likely N-dealkylation sites (tertiary alicyclic amines) is 2. The maximum atomic E-state index is 13.2. The van der Waals surface area contributed by atoms with Gasteiger partial charge in [0.05, 0.1) is 5.41 Å². The van der Waals surface area contributed by atoms with Crippen molar-refractivity contribution in [3.05, 3.63) is 0 Å². The van der Waals surface area contributed by atoms with Crippen LogP contribution in [0.3, 0.4) is 0 Å². The molecule has 0 aromatic rings. The molecule has 142 valence electrons. The lowest BCUT2D eigenvalue weighted by molar-refractivity contribution is -0.145. The molecular weight excluding hydrogens is 314 g/mol. The maximum Gasteiger partial charge on any atom is 0.317 e. The minimum atomic E-state index is -0.306. The topological polar surface area (TPSA) is 52.7 Å². The molecule has 1 aliphatic carbocycles. The van der Waals surface area contributed by atoms with Crippen molar-refractivity contribution in [1.29, 1.82) is 0 Å². The number of hydrogen-bond acceptors (Lipinski definition) is 2. The van der Waals surface area contributed by atoms with Crippen LogP contribution in [0.4, 0.5) is 4.79 Å². The maximum absolute atomic E-state index is 13.2. The molecule has 3 fully saturated rings. The second-order valence-corrected chi connectivity index (χ2v) is 8.74. The third-order valence-corrected chi connectivity index (χ3v) is 6.41. The monoisotopic (exact) mass is 349 g/mol. The second-order valence-electron chi connectivity index (χ2n) is 8.74. The number of nitrogens with one attached hydrogen (secondary N) is 1. The van der Waals surface area contributed by atoms with Crippen molar-refractivity contribution in [2.24, 2.45) is 11.3 Å². The Labute approximate surface area is 152 Å². The van der Waals surface area contributed by atoms with Crippen LogP contribution in [0.5, 0.6) is 0 Å². The molecule has 3 rings (SSSR count). The standard InChI is InChI=1S/C20H35N3O2/c1-16(2)21-19(25)23-14-11-20(15-23)10-6-12-22(18(20)24)13-9-17-7-4-3-5-8-17/h16-17H,3-15H2,1-2H3,(H,21,25). The summed E-state index contributed by atoms with van der Waals surface area (Å²) in [6.07, 6.45) is 10.8. The van der Waals surface area contributed by atoms with Gasteiger partial charge >= 0.3 is 6.03 Å². The van der Waals surface area contributed by atoms with Gasteiger partial charge in [-0.05, 0) is 45.4 Å². The first-order valence-corrected chi connectivity index (χ1v) is 10.3. The Morgan fingerprint density at radius 1 is 1.16 bits per heavy atom. The third kappa shape index (κ3) is 4.29. The van der Waals surface area contributed by atoms with E-state index in [0.29, 0.717) is 19.0 Å². The van der Waals surface area contributed by atoms with E-state index in [1.54, 1.807) is 0 Å². The van der Waals surface area contributed by atoms with Gasteiger partial charge in [0.25, 0.3) is 0 Å². The predicted molar refractivity (Wildman–Crippen MR) is 99.3 cm³/mol.